The Labute approximate surface area is 185 Å². The Morgan fingerprint density at radius 3 is 2.06 bits per heavy atom. The van der Waals surface area contributed by atoms with Crippen LogP contribution in [0.4, 0.5) is 10.8 Å². The van der Waals surface area contributed by atoms with Crippen LogP contribution in [0, 0.1) is 0 Å². The molecular weight excluding hydrogens is 462 g/mol. The first-order valence-electron chi connectivity index (χ1n) is 9.20. The van der Waals surface area contributed by atoms with Crippen LogP contribution in [0.5, 0.6) is 11.5 Å². The molecule has 1 heterocycles. The normalized spacial score (nSPS) is 11.7. The van der Waals surface area contributed by atoms with Crippen molar-refractivity contribution in [3.63, 3.8) is 0 Å². The maximum Gasteiger partial charge on any atom is 0.263 e. The molecule has 0 bridgehead atoms. The van der Waals surface area contributed by atoms with E-state index in [4.69, 9.17) is 9.47 Å². The summed E-state index contributed by atoms with van der Waals surface area (Å²) in [6, 6.07) is 9.66. The lowest BCUT2D eigenvalue weighted by Crippen LogP contribution is -2.15. The van der Waals surface area contributed by atoms with Gasteiger partial charge in [-0.15, -0.1) is 11.3 Å². The Hall–Kier alpha value is -2.83. The third kappa shape index (κ3) is 5.66. The molecule has 0 aliphatic heterocycles. The Kier molecular flexibility index (Phi) is 7.03. The SMILES string of the molecule is CCOc1ccc(S(=O)(=O)Nc2ccc(S(=O)(=O)Nc3nccs3)cc2)cc1OCC. The van der Waals surface area contributed by atoms with Gasteiger partial charge in [0.15, 0.2) is 16.6 Å². The third-order valence-corrected chi connectivity index (χ3v) is 7.45. The number of anilines is 2. The van der Waals surface area contributed by atoms with E-state index in [1.54, 1.807) is 12.3 Å². The van der Waals surface area contributed by atoms with Gasteiger partial charge in [-0.2, -0.15) is 0 Å². The molecule has 2 aromatic carbocycles. The number of thiazole rings is 1. The lowest BCUT2D eigenvalue weighted by atomic mass is 10.3. The van der Waals surface area contributed by atoms with Crippen molar-refractivity contribution >= 4 is 42.2 Å². The summed E-state index contributed by atoms with van der Waals surface area (Å²) in [6.07, 6.45) is 1.48. The van der Waals surface area contributed by atoms with Crippen molar-refractivity contribution in [2.75, 3.05) is 22.7 Å². The fourth-order valence-electron chi connectivity index (χ4n) is 2.56. The van der Waals surface area contributed by atoms with E-state index in [2.05, 4.69) is 14.4 Å². The number of rotatable bonds is 10. The van der Waals surface area contributed by atoms with Crippen LogP contribution in [-0.4, -0.2) is 35.0 Å². The average Bonchev–Trinajstić information content (AvgIpc) is 3.22. The van der Waals surface area contributed by atoms with Crippen molar-refractivity contribution in [3.8, 4) is 11.5 Å². The lowest BCUT2D eigenvalue weighted by molar-refractivity contribution is 0.287. The summed E-state index contributed by atoms with van der Waals surface area (Å²) >= 11 is 1.15. The van der Waals surface area contributed by atoms with Gasteiger partial charge in [-0.25, -0.2) is 21.8 Å². The van der Waals surface area contributed by atoms with Crippen LogP contribution in [-0.2, 0) is 20.0 Å². The molecule has 0 radical (unpaired) electrons. The van der Waals surface area contributed by atoms with Gasteiger partial charge in [-0.3, -0.25) is 9.44 Å². The van der Waals surface area contributed by atoms with E-state index >= 15 is 0 Å². The minimum atomic E-state index is -3.93. The van der Waals surface area contributed by atoms with E-state index in [9.17, 15) is 16.8 Å². The Bertz CT molecular complexity index is 1230. The number of hydrogen-bond acceptors (Lipinski definition) is 8. The van der Waals surface area contributed by atoms with Crippen LogP contribution < -0.4 is 18.9 Å². The van der Waals surface area contributed by atoms with Crippen LogP contribution in [0.3, 0.4) is 0 Å². The topological polar surface area (TPSA) is 124 Å². The maximum absolute atomic E-state index is 12.8. The molecular formula is C19H21N3O6S3. The molecule has 3 aromatic rings. The molecule has 31 heavy (non-hydrogen) atoms. The third-order valence-electron chi connectivity index (χ3n) is 3.90. The van der Waals surface area contributed by atoms with Gasteiger partial charge in [0.25, 0.3) is 20.0 Å². The van der Waals surface area contributed by atoms with Gasteiger partial charge in [0.2, 0.25) is 0 Å². The van der Waals surface area contributed by atoms with Crippen molar-refractivity contribution in [1.82, 2.24) is 4.98 Å². The summed E-state index contributed by atoms with van der Waals surface area (Å²) in [7, 11) is -7.76. The van der Waals surface area contributed by atoms with E-state index in [0.717, 1.165) is 11.3 Å². The van der Waals surface area contributed by atoms with E-state index in [0.29, 0.717) is 24.7 Å². The predicted molar refractivity (Wildman–Crippen MR) is 119 cm³/mol. The Morgan fingerprint density at radius 1 is 0.839 bits per heavy atom. The van der Waals surface area contributed by atoms with Gasteiger partial charge < -0.3 is 9.47 Å². The second kappa shape index (κ2) is 9.54. The minimum absolute atomic E-state index is 0.0125. The first-order chi connectivity index (χ1) is 14.7. The molecule has 3 rings (SSSR count). The Balaban J connectivity index is 1.79. The number of sulfonamides is 2. The molecule has 0 atom stereocenters. The van der Waals surface area contributed by atoms with E-state index in [1.807, 2.05) is 6.92 Å². The molecule has 0 spiro atoms. The average molecular weight is 484 g/mol. The molecule has 0 saturated carbocycles. The minimum Gasteiger partial charge on any atom is -0.490 e. The number of ether oxygens (including phenoxy) is 2. The first-order valence-corrected chi connectivity index (χ1v) is 13.0. The van der Waals surface area contributed by atoms with Crippen LogP contribution in [0.2, 0.25) is 0 Å². The highest BCUT2D eigenvalue weighted by Crippen LogP contribution is 2.31. The highest BCUT2D eigenvalue weighted by atomic mass is 32.2. The molecule has 0 aliphatic carbocycles. The summed E-state index contributed by atoms with van der Waals surface area (Å²) in [6.45, 7) is 4.37. The molecule has 9 nitrogen and oxygen atoms in total. The van der Waals surface area contributed by atoms with Crippen LogP contribution in [0.15, 0.2) is 63.8 Å². The van der Waals surface area contributed by atoms with E-state index < -0.39 is 20.0 Å². The molecule has 0 aliphatic rings. The molecule has 1 aromatic heterocycles. The van der Waals surface area contributed by atoms with E-state index in [1.165, 1.54) is 48.7 Å². The number of nitrogens with zero attached hydrogens (tertiary/aromatic N) is 1. The maximum atomic E-state index is 12.8. The van der Waals surface area contributed by atoms with Gasteiger partial charge in [0.05, 0.1) is 23.0 Å². The summed E-state index contributed by atoms with van der Waals surface area (Å²) in [5, 5.41) is 1.89. The molecule has 12 heteroatoms. The molecule has 2 N–H and O–H groups in total. The summed E-state index contributed by atoms with van der Waals surface area (Å²) < 4.78 is 66.1. The molecule has 0 fully saturated rings. The summed E-state index contributed by atoms with van der Waals surface area (Å²) in [5.74, 6) is 0.771. The molecule has 0 amide bonds. The quantitative estimate of drug-likeness (QED) is 0.452. The highest BCUT2D eigenvalue weighted by Gasteiger charge is 2.19. The van der Waals surface area contributed by atoms with Crippen LogP contribution >= 0.6 is 11.3 Å². The van der Waals surface area contributed by atoms with Crippen molar-refractivity contribution in [3.05, 3.63) is 54.0 Å². The zero-order valence-electron chi connectivity index (χ0n) is 16.7. The van der Waals surface area contributed by atoms with Gasteiger partial charge in [0.1, 0.15) is 0 Å². The first kappa shape index (κ1) is 22.8. The van der Waals surface area contributed by atoms with Gasteiger partial charge in [-0.1, -0.05) is 0 Å². The zero-order valence-corrected chi connectivity index (χ0v) is 19.2. The van der Waals surface area contributed by atoms with Crippen molar-refractivity contribution in [1.29, 1.82) is 0 Å². The number of hydrogen-bond donors (Lipinski definition) is 2. The zero-order chi connectivity index (χ0) is 22.5. The molecule has 166 valence electrons. The fourth-order valence-corrected chi connectivity index (χ4v) is 5.42. The second-order valence-corrected chi connectivity index (χ2v) is 10.3. The molecule has 0 saturated heterocycles. The summed E-state index contributed by atoms with van der Waals surface area (Å²) in [4.78, 5) is 3.85. The van der Waals surface area contributed by atoms with Crippen molar-refractivity contribution in [2.45, 2.75) is 23.6 Å². The number of benzene rings is 2. The largest absolute Gasteiger partial charge is 0.490 e. The van der Waals surface area contributed by atoms with E-state index in [-0.39, 0.29) is 20.6 Å². The Morgan fingerprint density at radius 2 is 1.45 bits per heavy atom. The summed E-state index contributed by atoms with van der Waals surface area (Å²) in [5.41, 5.74) is 0.208. The standard InChI is InChI=1S/C19H21N3O6S3/c1-3-27-17-10-9-16(13-18(17)28-4-2)31(25,26)21-14-5-7-15(8-6-14)30(23,24)22-19-20-11-12-29-19/h5-13,21H,3-4H2,1-2H3,(H,20,22). The van der Waals surface area contributed by atoms with Gasteiger partial charge in [0, 0.05) is 23.3 Å². The van der Waals surface area contributed by atoms with Crippen LogP contribution in [0.25, 0.3) is 0 Å². The monoisotopic (exact) mass is 483 g/mol. The van der Waals surface area contributed by atoms with Crippen molar-refractivity contribution < 1.29 is 26.3 Å². The van der Waals surface area contributed by atoms with Gasteiger partial charge in [-0.05, 0) is 50.2 Å². The number of aromatic nitrogens is 1. The fraction of sp³-hybridized carbons (Fsp3) is 0.211. The second-order valence-electron chi connectivity index (χ2n) is 6.05. The van der Waals surface area contributed by atoms with Gasteiger partial charge >= 0.3 is 0 Å². The predicted octanol–water partition coefficient (Wildman–Crippen LogP) is 3.54. The van der Waals surface area contributed by atoms with Crippen molar-refractivity contribution in [2.24, 2.45) is 0 Å². The smallest absolute Gasteiger partial charge is 0.263 e. The molecule has 0 unspecified atom stereocenters. The van der Waals surface area contributed by atoms with Crippen LogP contribution in [0.1, 0.15) is 13.8 Å². The number of nitrogens with one attached hydrogen (secondary N) is 2. The lowest BCUT2D eigenvalue weighted by Gasteiger charge is -2.14. The highest BCUT2D eigenvalue weighted by molar-refractivity contribution is 7.93.